The highest BCUT2D eigenvalue weighted by atomic mass is 19.4. The minimum Gasteiger partial charge on any atom is -0.332 e. The van der Waals surface area contributed by atoms with Gasteiger partial charge in [0, 0.05) is 32.7 Å². The minimum atomic E-state index is -4.30. The van der Waals surface area contributed by atoms with Crippen molar-refractivity contribution >= 4 is 5.91 Å². The van der Waals surface area contributed by atoms with Gasteiger partial charge < -0.3 is 10.2 Å². The van der Waals surface area contributed by atoms with E-state index in [1.54, 1.807) is 0 Å². The van der Waals surface area contributed by atoms with Crippen molar-refractivity contribution in [3.05, 3.63) is 0 Å². The Balaban J connectivity index is 1.92. The number of piperazine rings is 1. The summed E-state index contributed by atoms with van der Waals surface area (Å²) in [5.74, 6) is -0.371. The Hall–Kier alpha value is -0.820. The summed E-state index contributed by atoms with van der Waals surface area (Å²) in [5, 5.41) is 3.16. The lowest BCUT2D eigenvalue weighted by Gasteiger charge is -2.31. The topological polar surface area (TPSA) is 35.6 Å². The fourth-order valence-corrected chi connectivity index (χ4v) is 2.43. The first-order valence-electron chi connectivity index (χ1n) is 5.78. The molecule has 0 aromatic heterocycles. The molecule has 0 saturated carbocycles. The number of carbonyl (C=O) groups is 1. The Labute approximate surface area is 97.7 Å². The van der Waals surface area contributed by atoms with Gasteiger partial charge in [0.25, 0.3) is 0 Å². The molecule has 2 heterocycles. The van der Waals surface area contributed by atoms with Crippen LogP contribution in [0.2, 0.25) is 0 Å². The van der Waals surface area contributed by atoms with Crippen LogP contribution in [0.15, 0.2) is 0 Å². The standard InChI is InChI=1S/C10H16F3N3O/c11-10(12,13)7-16-4-1-8(9(16)17)15-5-2-14-3-6-15/h8,14H,1-7H2. The molecule has 0 aromatic carbocycles. The molecule has 2 aliphatic heterocycles. The third-order valence-corrected chi connectivity index (χ3v) is 3.23. The Morgan fingerprint density at radius 2 is 1.88 bits per heavy atom. The SMILES string of the molecule is O=C1C(N2CCNCC2)CCN1CC(F)(F)F. The monoisotopic (exact) mass is 251 g/mol. The molecule has 0 spiro atoms. The van der Waals surface area contributed by atoms with E-state index in [4.69, 9.17) is 0 Å². The fourth-order valence-electron chi connectivity index (χ4n) is 2.43. The molecular weight excluding hydrogens is 235 g/mol. The second kappa shape index (κ2) is 4.81. The Morgan fingerprint density at radius 3 is 2.47 bits per heavy atom. The van der Waals surface area contributed by atoms with E-state index in [1.807, 2.05) is 4.90 Å². The molecular formula is C10H16F3N3O. The van der Waals surface area contributed by atoms with Crippen LogP contribution in [0.3, 0.4) is 0 Å². The number of likely N-dealkylation sites (tertiary alicyclic amines) is 1. The highest BCUT2D eigenvalue weighted by molar-refractivity contribution is 5.84. The second-order valence-corrected chi connectivity index (χ2v) is 4.47. The van der Waals surface area contributed by atoms with E-state index < -0.39 is 12.7 Å². The minimum absolute atomic E-state index is 0.215. The van der Waals surface area contributed by atoms with Crippen molar-refractivity contribution in [2.75, 3.05) is 39.3 Å². The molecule has 2 saturated heterocycles. The second-order valence-electron chi connectivity index (χ2n) is 4.47. The van der Waals surface area contributed by atoms with Crippen LogP contribution in [0.5, 0.6) is 0 Å². The van der Waals surface area contributed by atoms with Crippen LogP contribution < -0.4 is 5.32 Å². The van der Waals surface area contributed by atoms with Crippen molar-refractivity contribution in [2.45, 2.75) is 18.6 Å². The zero-order chi connectivity index (χ0) is 12.5. The zero-order valence-corrected chi connectivity index (χ0v) is 9.46. The molecule has 0 bridgehead atoms. The van der Waals surface area contributed by atoms with E-state index >= 15 is 0 Å². The first-order chi connectivity index (χ1) is 7.97. The molecule has 0 aliphatic carbocycles. The lowest BCUT2D eigenvalue weighted by atomic mass is 10.2. The van der Waals surface area contributed by atoms with Gasteiger partial charge in [-0.25, -0.2) is 0 Å². The molecule has 0 aromatic rings. The van der Waals surface area contributed by atoms with Crippen LogP contribution in [0.4, 0.5) is 13.2 Å². The third-order valence-electron chi connectivity index (χ3n) is 3.23. The number of amides is 1. The van der Waals surface area contributed by atoms with Crippen LogP contribution in [0.25, 0.3) is 0 Å². The van der Waals surface area contributed by atoms with E-state index in [-0.39, 0.29) is 18.5 Å². The molecule has 0 radical (unpaired) electrons. The highest BCUT2D eigenvalue weighted by Crippen LogP contribution is 2.23. The summed E-state index contributed by atoms with van der Waals surface area (Å²) >= 11 is 0. The van der Waals surface area contributed by atoms with Gasteiger partial charge >= 0.3 is 6.18 Å². The van der Waals surface area contributed by atoms with Crippen LogP contribution in [0.1, 0.15) is 6.42 Å². The Bertz CT molecular complexity index is 289. The number of nitrogens with one attached hydrogen (secondary N) is 1. The summed E-state index contributed by atoms with van der Waals surface area (Å²) in [4.78, 5) is 14.8. The number of halogens is 3. The summed E-state index contributed by atoms with van der Waals surface area (Å²) in [7, 11) is 0. The van der Waals surface area contributed by atoms with Gasteiger partial charge in [0.05, 0.1) is 6.04 Å². The maximum atomic E-state index is 12.2. The quantitative estimate of drug-likeness (QED) is 0.753. The van der Waals surface area contributed by atoms with Crippen molar-refractivity contribution in [2.24, 2.45) is 0 Å². The number of hydrogen-bond donors (Lipinski definition) is 1. The summed E-state index contributed by atoms with van der Waals surface area (Å²) in [6, 6.07) is -0.348. The lowest BCUT2D eigenvalue weighted by Crippen LogP contribution is -2.51. The van der Waals surface area contributed by atoms with Gasteiger partial charge in [0.2, 0.25) is 5.91 Å². The molecule has 1 amide bonds. The molecule has 7 heteroatoms. The molecule has 98 valence electrons. The van der Waals surface area contributed by atoms with Gasteiger partial charge in [-0.15, -0.1) is 0 Å². The molecule has 2 fully saturated rings. The molecule has 1 N–H and O–H groups in total. The van der Waals surface area contributed by atoms with Crippen LogP contribution in [-0.4, -0.2) is 67.2 Å². The van der Waals surface area contributed by atoms with Gasteiger partial charge in [-0.3, -0.25) is 9.69 Å². The summed E-state index contributed by atoms with van der Waals surface area (Å²) < 4.78 is 36.7. The zero-order valence-electron chi connectivity index (χ0n) is 9.46. The Morgan fingerprint density at radius 1 is 1.24 bits per heavy atom. The maximum Gasteiger partial charge on any atom is 0.406 e. The molecule has 1 unspecified atom stereocenters. The van der Waals surface area contributed by atoms with Gasteiger partial charge in [0.1, 0.15) is 6.54 Å². The number of nitrogens with zero attached hydrogens (tertiary/aromatic N) is 2. The molecule has 1 atom stereocenters. The van der Waals surface area contributed by atoms with Gasteiger partial charge in [0.15, 0.2) is 0 Å². The average Bonchev–Trinajstić information content (AvgIpc) is 2.60. The summed E-state index contributed by atoms with van der Waals surface area (Å²) in [5.41, 5.74) is 0. The van der Waals surface area contributed by atoms with E-state index in [9.17, 15) is 18.0 Å². The normalized spacial score (nSPS) is 27.8. The number of carbonyl (C=O) groups excluding carboxylic acids is 1. The van der Waals surface area contributed by atoms with Crippen LogP contribution >= 0.6 is 0 Å². The van der Waals surface area contributed by atoms with E-state index in [0.717, 1.165) is 31.1 Å². The predicted molar refractivity (Wildman–Crippen MR) is 55.5 cm³/mol. The Kier molecular flexibility index (Phi) is 3.58. The number of alkyl halides is 3. The number of rotatable bonds is 2. The molecule has 2 aliphatic rings. The fraction of sp³-hybridized carbons (Fsp3) is 0.900. The van der Waals surface area contributed by atoms with Crippen LogP contribution in [0, 0.1) is 0 Å². The van der Waals surface area contributed by atoms with Crippen molar-refractivity contribution < 1.29 is 18.0 Å². The maximum absolute atomic E-state index is 12.2. The van der Waals surface area contributed by atoms with Crippen molar-refractivity contribution in [1.82, 2.24) is 15.1 Å². The predicted octanol–water partition coefficient (Wildman–Crippen LogP) is 0.0548. The first kappa shape index (κ1) is 12.6. The van der Waals surface area contributed by atoms with Crippen molar-refractivity contribution in [1.29, 1.82) is 0 Å². The average molecular weight is 251 g/mol. The van der Waals surface area contributed by atoms with Gasteiger partial charge in [-0.2, -0.15) is 13.2 Å². The lowest BCUT2D eigenvalue weighted by molar-refractivity contribution is -0.159. The molecule has 4 nitrogen and oxygen atoms in total. The van der Waals surface area contributed by atoms with E-state index in [0.29, 0.717) is 6.42 Å². The first-order valence-corrected chi connectivity index (χ1v) is 5.78. The summed E-state index contributed by atoms with van der Waals surface area (Å²) in [6.07, 6.45) is -3.79. The van der Waals surface area contributed by atoms with E-state index in [2.05, 4.69) is 5.32 Å². The van der Waals surface area contributed by atoms with Gasteiger partial charge in [-0.1, -0.05) is 0 Å². The van der Waals surface area contributed by atoms with Crippen molar-refractivity contribution in [3.8, 4) is 0 Å². The van der Waals surface area contributed by atoms with Crippen molar-refractivity contribution in [3.63, 3.8) is 0 Å². The third kappa shape index (κ3) is 3.10. The largest absolute Gasteiger partial charge is 0.406 e. The highest BCUT2D eigenvalue weighted by Gasteiger charge is 2.41. The smallest absolute Gasteiger partial charge is 0.332 e. The molecule has 17 heavy (non-hydrogen) atoms. The van der Waals surface area contributed by atoms with Gasteiger partial charge in [-0.05, 0) is 6.42 Å². The summed E-state index contributed by atoms with van der Waals surface area (Å²) in [6.45, 7) is 2.15. The van der Waals surface area contributed by atoms with E-state index in [1.165, 1.54) is 0 Å². The molecule has 2 rings (SSSR count). The van der Waals surface area contributed by atoms with Crippen LogP contribution in [-0.2, 0) is 4.79 Å². The number of hydrogen-bond acceptors (Lipinski definition) is 3.